The number of carbonyl (C=O) groups excluding carboxylic acids is 1. The first kappa shape index (κ1) is 14.2. The summed E-state index contributed by atoms with van der Waals surface area (Å²) in [5.41, 5.74) is 0. The molecule has 0 atom stereocenters. The first-order valence-corrected chi connectivity index (χ1v) is 6.17. The van der Waals surface area contributed by atoms with Gasteiger partial charge in [0.1, 0.15) is 6.29 Å². The van der Waals surface area contributed by atoms with E-state index in [0.29, 0.717) is 0 Å². The smallest absolute Gasteiger partial charge is 0.142 e. The average Bonchev–Trinajstić information content (AvgIpc) is 2.26. The summed E-state index contributed by atoms with van der Waals surface area (Å²) in [6.07, 6.45) is 18.9. The summed E-state index contributed by atoms with van der Waals surface area (Å²) >= 11 is 0. The largest absolute Gasteiger partial charge is 0.299 e. The van der Waals surface area contributed by atoms with E-state index in [2.05, 4.69) is 19.1 Å². The maximum Gasteiger partial charge on any atom is 0.142 e. The fraction of sp³-hybridized carbons (Fsp3) is 0.643. The van der Waals surface area contributed by atoms with Gasteiger partial charge in [-0.25, -0.2) is 0 Å². The van der Waals surface area contributed by atoms with Crippen molar-refractivity contribution in [2.75, 3.05) is 0 Å². The predicted octanol–water partition coefficient (Wildman–Crippen LogP) is 4.44. The number of hydrogen-bond donors (Lipinski definition) is 0. The lowest BCUT2D eigenvalue weighted by Gasteiger charge is -1.97. The Morgan fingerprint density at radius 3 is 2.00 bits per heavy atom. The molecule has 15 heavy (non-hydrogen) atoms. The van der Waals surface area contributed by atoms with Gasteiger partial charge in [0.15, 0.2) is 0 Å². The molecule has 0 aromatic carbocycles. The van der Waals surface area contributed by atoms with Crippen LogP contribution >= 0.6 is 0 Å². The summed E-state index contributed by atoms with van der Waals surface area (Å²) in [5, 5.41) is 0. The van der Waals surface area contributed by atoms with Crippen LogP contribution in [0.4, 0.5) is 0 Å². The Balaban J connectivity index is 3.01. The molecule has 0 aromatic rings. The van der Waals surface area contributed by atoms with Crippen LogP contribution < -0.4 is 0 Å². The summed E-state index contributed by atoms with van der Waals surface area (Å²) in [6, 6.07) is 0. The highest BCUT2D eigenvalue weighted by Crippen LogP contribution is 2.07. The third-order valence-electron chi connectivity index (χ3n) is 2.36. The van der Waals surface area contributed by atoms with Crippen molar-refractivity contribution in [1.29, 1.82) is 0 Å². The van der Waals surface area contributed by atoms with Gasteiger partial charge >= 0.3 is 0 Å². The first-order valence-electron chi connectivity index (χ1n) is 6.17. The topological polar surface area (TPSA) is 17.1 Å². The normalized spacial score (nSPS) is 11.5. The van der Waals surface area contributed by atoms with E-state index in [1.807, 2.05) is 6.08 Å². The SMILES string of the molecule is CCC=CCCCCCCCC=CC=O. The van der Waals surface area contributed by atoms with Crippen molar-refractivity contribution in [2.24, 2.45) is 0 Å². The third kappa shape index (κ3) is 13.2. The van der Waals surface area contributed by atoms with Crippen LogP contribution in [0.3, 0.4) is 0 Å². The zero-order valence-electron chi connectivity index (χ0n) is 9.95. The van der Waals surface area contributed by atoms with Gasteiger partial charge in [0, 0.05) is 0 Å². The van der Waals surface area contributed by atoms with Gasteiger partial charge in [0.25, 0.3) is 0 Å². The van der Waals surface area contributed by atoms with Crippen molar-refractivity contribution in [3.8, 4) is 0 Å². The Labute approximate surface area is 94.3 Å². The van der Waals surface area contributed by atoms with Gasteiger partial charge in [-0.3, -0.25) is 4.79 Å². The summed E-state index contributed by atoms with van der Waals surface area (Å²) < 4.78 is 0. The minimum Gasteiger partial charge on any atom is -0.299 e. The number of carbonyl (C=O) groups is 1. The molecule has 0 amide bonds. The van der Waals surface area contributed by atoms with E-state index in [1.54, 1.807) is 6.08 Å². The molecule has 0 aliphatic rings. The molecule has 0 saturated carbocycles. The van der Waals surface area contributed by atoms with Crippen LogP contribution in [-0.4, -0.2) is 6.29 Å². The van der Waals surface area contributed by atoms with Crippen LogP contribution in [0.25, 0.3) is 0 Å². The van der Waals surface area contributed by atoms with Gasteiger partial charge in [-0.05, 0) is 38.2 Å². The van der Waals surface area contributed by atoms with Crippen LogP contribution in [0.1, 0.15) is 58.3 Å². The average molecular weight is 208 g/mol. The monoisotopic (exact) mass is 208 g/mol. The molecule has 0 rings (SSSR count). The first-order chi connectivity index (χ1) is 7.41. The minimum atomic E-state index is 0.847. The maximum absolute atomic E-state index is 9.97. The molecule has 1 heteroatoms. The quantitative estimate of drug-likeness (QED) is 0.224. The number of rotatable bonds is 10. The van der Waals surface area contributed by atoms with Crippen molar-refractivity contribution in [3.05, 3.63) is 24.3 Å². The van der Waals surface area contributed by atoms with E-state index < -0.39 is 0 Å². The van der Waals surface area contributed by atoms with Gasteiger partial charge in [0.2, 0.25) is 0 Å². The van der Waals surface area contributed by atoms with Crippen LogP contribution in [0.5, 0.6) is 0 Å². The van der Waals surface area contributed by atoms with Crippen LogP contribution in [0.15, 0.2) is 24.3 Å². The van der Waals surface area contributed by atoms with Crippen molar-refractivity contribution in [2.45, 2.75) is 58.3 Å². The van der Waals surface area contributed by atoms with Crippen molar-refractivity contribution in [3.63, 3.8) is 0 Å². The van der Waals surface area contributed by atoms with Crippen LogP contribution in [-0.2, 0) is 4.79 Å². The van der Waals surface area contributed by atoms with E-state index >= 15 is 0 Å². The summed E-state index contributed by atoms with van der Waals surface area (Å²) in [4.78, 5) is 9.97. The molecule has 0 aliphatic carbocycles. The van der Waals surface area contributed by atoms with E-state index in [-0.39, 0.29) is 0 Å². The zero-order chi connectivity index (χ0) is 11.2. The van der Waals surface area contributed by atoms with Gasteiger partial charge in [-0.15, -0.1) is 0 Å². The van der Waals surface area contributed by atoms with Crippen molar-refractivity contribution < 1.29 is 4.79 Å². The second-order valence-electron chi connectivity index (χ2n) is 3.79. The molecule has 1 nitrogen and oxygen atoms in total. The highest BCUT2D eigenvalue weighted by Gasteiger charge is 1.88. The zero-order valence-corrected chi connectivity index (χ0v) is 9.95. The summed E-state index contributed by atoms with van der Waals surface area (Å²) in [6.45, 7) is 2.17. The molecule has 0 fully saturated rings. The number of hydrogen-bond acceptors (Lipinski definition) is 1. The predicted molar refractivity (Wildman–Crippen MR) is 67.0 cm³/mol. The van der Waals surface area contributed by atoms with Crippen molar-refractivity contribution in [1.82, 2.24) is 0 Å². The third-order valence-corrected chi connectivity index (χ3v) is 2.36. The Kier molecular flexibility index (Phi) is 12.4. The number of unbranched alkanes of at least 4 members (excludes halogenated alkanes) is 6. The number of allylic oxidation sites excluding steroid dienone is 4. The minimum absolute atomic E-state index is 0.847. The highest BCUT2D eigenvalue weighted by atomic mass is 16.1. The molecule has 0 unspecified atom stereocenters. The van der Waals surface area contributed by atoms with Crippen LogP contribution in [0, 0.1) is 0 Å². The van der Waals surface area contributed by atoms with E-state index in [1.165, 1.54) is 38.5 Å². The molecular weight excluding hydrogens is 184 g/mol. The van der Waals surface area contributed by atoms with Gasteiger partial charge in [0.05, 0.1) is 0 Å². The molecule has 0 radical (unpaired) electrons. The molecule has 0 spiro atoms. The number of aldehydes is 1. The molecule has 86 valence electrons. The van der Waals surface area contributed by atoms with Crippen LogP contribution in [0.2, 0.25) is 0 Å². The molecule has 0 saturated heterocycles. The standard InChI is InChI=1S/C14H24O/c1-2-3-4-5-6-7-8-9-10-11-12-13-14-15/h3-4,12-14H,2,5-11H2,1H3. The lowest BCUT2D eigenvalue weighted by atomic mass is 10.1. The van der Waals surface area contributed by atoms with Gasteiger partial charge in [-0.1, -0.05) is 44.4 Å². The van der Waals surface area contributed by atoms with Crippen molar-refractivity contribution >= 4 is 6.29 Å². The Morgan fingerprint density at radius 1 is 0.800 bits per heavy atom. The van der Waals surface area contributed by atoms with E-state index in [9.17, 15) is 4.79 Å². The Morgan fingerprint density at radius 2 is 1.40 bits per heavy atom. The molecule has 0 aromatic heterocycles. The van der Waals surface area contributed by atoms with Gasteiger partial charge in [-0.2, -0.15) is 0 Å². The Bertz CT molecular complexity index is 180. The maximum atomic E-state index is 9.97. The van der Waals surface area contributed by atoms with E-state index in [0.717, 1.165) is 19.1 Å². The van der Waals surface area contributed by atoms with E-state index in [4.69, 9.17) is 0 Å². The second kappa shape index (κ2) is 13.2. The lowest BCUT2D eigenvalue weighted by Crippen LogP contribution is -1.78. The highest BCUT2D eigenvalue weighted by molar-refractivity contribution is 5.64. The molecule has 0 aliphatic heterocycles. The lowest BCUT2D eigenvalue weighted by molar-refractivity contribution is -0.104. The summed E-state index contributed by atoms with van der Waals surface area (Å²) in [7, 11) is 0. The molecule has 0 heterocycles. The summed E-state index contributed by atoms with van der Waals surface area (Å²) in [5.74, 6) is 0. The molecule has 0 bridgehead atoms. The fourth-order valence-corrected chi connectivity index (χ4v) is 1.49. The molecule has 0 N–H and O–H groups in total. The van der Waals surface area contributed by atoms with Gasteiger partial charge < -0.3 is 0 Å². The second-order valence-corrected chi connectivity index (χ2v) is 3.79. The fourth-order valence-electron chi connectivity index (χ4n) is 1.49. The Hall–Kier alpha value is -0.850. The molecular formula is C14H24O.